The molecule has 28 heavy (non-hydrogen) atoms. The zero-order valence-corrected chi connectivity index (χ0v) is 17.2. The minimum Gasteiger partial charge on any atom is -0.464 e. The van der Waals surface area contributed by atoms with Crippen molar-refractivity contribution >= 4 is 24.9 Å². The largest absolute Gasteiger partial charge is 0.464 e. The number of ether oxygens (including phenoxy) is 1. The van der Waals surface area contributed by atoms with Gasteiger partial charge in [0, 0.05) is 18.0 Å². The van der Waals surface area contributed by atoms with E-state index in [1.54, 1.807) is 36.7 Å². The van der Waals surface area contributed by atoms with E-state index >= 15 is 0 Å². The van der Waals surface area contributed by atoms with Gasteiger partial charge in [-0.3, -0.25) is 0 Å². The van der Waals surface area contributed by atoms with E-state index in [2.05, 4.69) is 14.7 Å². The molecular weight excluding hydrogens is 380 g/mol. The molecular formula is C20H23F2N3O2Si. The van der Waals surface area contributed by atoms with Crippen molar-refractivity contribution in [1.82, 2.24) is 9.97 Å². The van der Waals surface area contributed by atoms with Crippen LogP contribution in [0.4, 0.5) is 14.5 Å². The van der Waals surface area contributed by atoms with Crippen molar-refractivity contribution in [2.75, 3.05) is 12.8 Å². The Morgan fingerprint density at radius 2 is 1.86 bits per heavy atom. The second-order valence-corrected chi connectivity index (χ2v) is 12.1. The third kappa shape index (κ3) is 5.04. The SMILES string of the molecule is COC(=O)c1ccccn1.C[Si](C)(C)c1cc(F)c(-c2[nH]ccc2N)cc1F. The van der Waals surface area contributed by atoms with E-state index in [0.29, 0.717) is 22.3 Å². The number of hydrogen-bond acceptors (Lipinski definition) is 4. The lowest BCUT2D eigenvalue weighted by Gasteiger charge is -2.18. The number of pyridine rings is 1. The van der Waals surface area contributed by atoms with Gasteiger partial charge in [-0.25, -0.2) is 18.6 Å². The first-order chi connectivity index (χ1) is 13.1. The maximum atomic E-state index is 14.1. The van der Waals surface area contributed by atoms with Crippen LogP contribution in [0.25, 0.3) is 11.3 Å². The third-order valence-corrected chi connectivity index (χ3v) is 5.97. The number of rotatable bonds is 3. The van der Waals surface area contributed by atoms with Gasteiger partial charge in [-0.1, -0.05) is 25.7 Å². The highest BCUT2D eigenvalue weighted by Crippen LogP contribution is 2.27. The lowest BCUT2D eigenvalue weighted by molar-refractivity contribution is 0.0594. The molecule has 5 nitrogen and oxygen atoms in total. The second kappa shape index (κ2) is 8.79. The average Bonchev–Trinajstić information content (AvgIpc) is 3.08. The first-order valence-corrected chi connectivity index (χ1v) is 12.1. The second-order valence-electron chi connectivity index (χ2n) is 7.08. The van der Waals surface area contributed by atoms with Crippen molar-refractivity contribution < 1.29 is 18.3 Å². The fourth-order valence-corrected chi connectivity index (χ4v) is 3.86. The van der Waals surface area contributed by atoms with E-state index in [9.17, 15) is 13.6 Å². The number of aromatic amines is 1. The summed E-state index contributed by atoms with van der Waals surface area (Å²) in [6.07, 6.45) is 3.15. The normalized spacial score (nSPS) is 10.8. The van der Waals surface area contributed by atoms with Crippen LogP contribution in [-0.2, 0) is 4.74 Å². The van der Waals surface area contributed by atoms with Crippen molar-refractivity contribution in [3.05, 3.63) is 66.1 Å². The molecule has 1 aromatic carbocycles. The quantitative estimate of drug-likeness (QED) is 0.512. The van der Waals surface area contributed by atoms with Crippen LogP contribution in [0.15, 0.2) is 48.8 Å². The zero-order chi connectivity index (χ0) is 20.9. The molecule has 3 aromatic rings. The molecule has 0 saturated heterocycles. The molecule has 0 bridgehead atoms. The van der Waals surface area contributed by atoms with Crippen LogP contribution in [0, 0.1) is 11.6 Å². The van der Waals surface area contributed by atoms with E-state index in [4.69, 9.17) is 5.73 Å². The maximum Gasteiger partial charge on any atom is 0.356 e. The highest BCUT2D eigenvalue weighted by Gasteiger charge is 2.23. The molecule has 0 aliphatic rings. The highest BCUT2D eigenvalue weighted by atomic mass is 28.3. The van der Waals surface area contributed by atoms with E-state index in [1.807, 2.05) is 19.6 Å². The molecule has 2 heterocycles. The number of aromatic nitrogens is 2. The summed E-state index contributed by atoms with van der Waals surface area (Å²) in [7, 11) is -0.557. The number of nitrogens with two attached hydrogens (primary N) is 1. The topological polar surface area (TPSA) is 81.0 Å². The van der Waals surface area contributed by atoms with Gasteiger partial charge in [-0.05, 0) is 35.5 Å². The van der Waals surface area contributed by atoms with Crippen LogP contribution in [0.3, 0.4) is 0 Å². The number of methoxy groups -OCH3 is 1. The Bertz CT molecular complexity index is 954. The molecule has 3 N–H and O–H groups in total. The summed E-state index contributed by atoms with van der Waals surface area (Å²) in [6, 6.07) is 9.24. The number of anilines is 1. The number of hydrogen-bond donors (Lipinski definition) is 2. The van der Waals surface area contributed by atoms with Gasteiger partial charge in [-0.2, -0.15) is 0 Å². The Kier molecular flexibility index (Phi) is 6.69. The molecule has 0 spiro atoms. The summed E-state index contributed by atoms with van der Waals surface area (Å²) in [4.78, 5) is 17.3. The molecule has 0 saturated carbocycles. The summed E-state index contributed by atoms with van der Waals surface area (Å²) >= 11 is 0. The molecule has 2 aromatic heterocycles. The third-order valence-electron chi connectivity index (χ3n) is 3.97. The van der Waals surface area contributed by atoms with Gasteiger partial charge in [0.2, 0.25) is 0 Å². The summed E-state index contributed by atoms with van der Waals surface area (Å²) < 4.78 is 32.6. The van der Waals surface area contributed by atoms with Crippen LogP contribution >= 0.6 is 0 Å². The van der Waals surface area contributed by atoms with Crippen LogP contribution in [0.5, 0.6) is 0 Å². The Morgan fingerprint density at radius 3 is 2.36 bits per heavy atom. The molecule has 0 atom stereocenters. The highest BCUT2D eigenvalue weighted by molar-refractivity contribution is 6.88. The zero-order valence-electron chi connectivity index (χ0n) is 16.2. The van der Waals surface area contributed by atoms with E-state index in [1.165, 1.54) is 19.2 Å². The fourth-order valence-electron chi connectivity index (χ4n) is 2.52. The molecule has 0 radical (unpaired) electrons. The fraction of sp³-hybridized carbons (Fsp3) is 0.200. The van der Waals surface area contributed by atoms with Gasteiger partial charge in [0.25, 0.3) is 0 Å². The lowest BCUT2D eigenvalue weighted by Crippen LogP contribution is -2.40. The summed E-state index contributed by atoms with van der Waals surface area (Å²) in [5, 5.41) is 0.494. The van der Waals surface area contributed by atoms with Gasteiger partial charge in [-0.15, -0.1) is 0 Å². The van der Waals surface area contributed by atoms with Crippen molar-refractivity contribution in [3.63, 3.8) is 0 Å². The lowest BCUT2D eigenvalue weighted by atomic mass is 10.1. The minimum atomic E-state index is -1.89. The number of benzene rings is 1. The van der Waals surface area contributed by atoms with Crippen LogP contribution < -0.4 is 10.9 Å². The number of nitrogen functional groups attached to an aromatic ring is 1. The number of halogens is 2. The summed E-state index contributed by atoms with van der Waals surface area (Å²) in [5.74, 6) is -1.21. The molecule has 148 valence electrons. The number of esters is 1. The van der Waals surface area contributed by atoms with Crippen LogP contribution in [0.2, 0.25) is 19.6 Å². The molecule has 8 heteroatoms. The van der Waals surface area contributed by atoms with Gasteiger partial charge in [0.05, 0.1) is 26.6 Å². The van der Waals surface area contributed by atoms with Gasteiger partial charge in [0.15, 0.2) is 0 Å². The van der Waals surface area contributed by atoms with Gasteiger partial charge in [0.1, 0.15) is 17.3 Å². The first kappa shape index (κ1) is 21.3. The molecule has 0 amide bonds. The van der Waals surface area contributed by atoms with Crippen molar-refractivity contribution in [1.29, 1.82) is 0 Å². The first-order valence-electron chi connectivity index (χ1n) is 8.57. The van der Waals surface area contributed by atoms with Crippen molar-refractivity contribution in [3.8, 4) is 11.3 Å². The number of carbonyl (C=O) groups excluding carboxylic acids is 1. The van der Waals surface area contributed by atoms with Crippen LogP contribution in [-0.4, -0.2) is 31.1 Å². The number of H-pyrrole nitrogens is 1. The minimum absolute atomic E-state index is 0.178. The monoisotopic (exact) mass is 403 g/mol. The van der Waals surface area contributed by atoms with E-state index < -0.39 is 19.9 Å². The number of nitrogens with zero attached hydrogens (tertiary/aromatic N) is 1. The Morgan fingerprint density at radius 1 is 1.14 bits per heavy atom. The summed E-state index contributed by atoms with van der Waals surface area (Å²) in [6.45, 7) is 5.94. The van der Waals surface area contributed by atoms with Gasteiger partial charge < -0.3 is 15.5 Å². The Balaban J connectivity index is 0.000000237. The maximum absolute atomic E-state index is 14.1. The van der Waals surface area contributed by atoms with Gasteiger partial charge >= 0.3 is 5.97 Å². The molecule has 0 aliphatic heterocycles. The Hall–Kier alpha value is -3.00. The predicted molar refractivity (Wildman–Crippen MR) is 109 cm³/mol. The number of nitrogens with one attached hydrogen (secondary N) is 1. The molecule has 0 unspecified atom stereocenters. The van der Waals surface area contributed by atoms with Crippen LogP contribution in [0.1, 0.15) is 10.5 Å². The van der Waals surface area contributed by atoms with Crippen molar-refractivity contribution in [2.24, 2.45) is 0 Å². The predicted octanol–water partition coefficient (Wildman–Crippen LogP) is 3.96. The average molecular weight is 404 g/mol. The van der Waals surface area contributed by atoms with Crippen molar-refractivity contribution in [2.45, 2.75) is 19.6 Å². The molecule has 0 aliphatic carbocycles. The standard InChI is InChI=1S/C13H16F2N2Si.C7H7NO2/c1-18(2,3)12-7-9(14)8(6-10(12)15)13-11(16)4-5-17-13;1-10-7(9)6-4-2-3-5-8-6/h4-7,17H,16H2,1-3H3;2-5H,1H3. The molecule has 0 fully saturated rings. The molecule has 3 rings (SSSR count). The Labute approximate surface area is 163 Å². The summed E-state index contributed by atoms with van der Waals surface area (Å²) in [5.41, 5.74) is 7.06. The van der Waals surface area contributed by atoms with E-state index in [-0.39, 0.29) is 11.4 Å². The van der Waals surface area contributed by atoms with E-state index in [0.717, 1.165) is 0 Å². The number of carbonyl (C=O) groups is 1. The smallest absolute Gasteiger partial charge is 0.356 e.